The van der Waals surface area contributed by atoms with Gasteiger partial charge < -0.3 is 18.9 Å². The molecule has 33 heavy (non-hydrogen) atoms. The number of rotatable bonds is 6. The Morgan fingerprint density at radius 2 is 1.36 bits per heavy atom. The molecule has 0 spiro atoms. The maximum atomic E-state index is 6.14. The number of nitrogens with zero attached hydrogens (tertiary/aromatic N) is 1. The van der Waals surface area contributed by atoms with Gasteiger partial charge in [0.2, 0.25) is 0 Å². The molecule has 5 rings (SSSR count). The summed E-state index contributed by atoms with van der Waals surface area (Å²) >= 11 is 6.14. The first-order chi connectivity index (χ1) is 16.1. The third-order valence-corrected chi connectivity index (χ3v) is 5.63. The van der Waals surface area contributed by atoms with Gasteiger partial charge in [-0.2, -0.15) is 0 Å². The van der Waals surface area contributed by atoms with E-state index in [9.17, 15) is 0 Å². The number of nitrogens with one attached hydrogen (secondary N) is 1. The van der Waals surface area contributed by atoms with Crippen molar-refractivity contribution < 1.29 is 13.9 Å². The molecule has 0 amide bonds. The van der Waals surface area contributed by atoms with Crippen LogP contribution in [0.25, 0.3) is 45.4 Å². The van der Waals surface area contributed by atoms with E-state index < -0.39 is 0 Å². The summed E-state index contributed by atoms with van der Waals surface area (Å²) in [7, 11) is 3.30. The highest BCUT2D eigenvalue weighted by Gasteiger charge is 2.18. The molecular formula is C27H21ClN2O3. The number of hydrogen-bond donors (Lipinski definition) is 1. The summed E-state index contributed by atoms with van der Waals surface area (Å²) in [4.78, 5) is 8.35. The first-order valence-corrected chi connectivity index (χ1v) is 10.8. The first kappa shape index (κ1) is 20.9. The average molecular weight is 457 g/mol. The smallest absolute Gasteiger partial charge is 0.174 e. The predicted octanol–water partition coefficient (Wildman–Crippen LogP) is 7.34. The Morgan fingerprint density at radius 3 is 2.00 bits per heavy atom. The van der Waals surface area contributed by atoms with Crippen molar-refractivity contribution in [2.45, 2.75) is 0 Å². The van der Waals surface area contributed by atoms with E-state index in [-0.39, 0.29) is 0 Å². The number of furan rings is 1. The molecule has 0 atom stereocenters. The Hall–Kier alpha value is -3.96. The quantitative estimate of drug-likeness (QED) is 0.290. The first-order valence-electron chi connectivity index (χ1n) is 10.4. The summed E-state index contributed by atoms with van der Waals surface area (Å²) in [5.41, 5.74) is 4.57. The second kappa shape index (κ2) is 8.88. The van der Waals surface area contributed by atoms with Gasteiger partial charge in [-0.3, -0.25) is 0 Å². The molecule has 6 heteroatoms. The summed E-state index contributed by atoms with van der Waals surface area (Å²) in [6.45, 7) is 0. The maximum Gasteiger partial charge on any atom is 0.174 e. The minimum atomic E-state index is 0.638. The van der Waals surface area contributed by atoms with Crippen LogP contribution in [0, 0.1) is 0 Å². The van der Waals surface area contributed by atoms with Gasteiger partial charge in [0, 0.05) is 21.7 Å². The van der Waals surface area contributed by atoms with Crippen molar-refractivity contribution in [3.8, 4) is 56.9 Å². The Morgan fingerprint density at radius 1 is 0.727 bits per heavy atom. The third-order valence-electron chi connectivity index (χ3n) is 5.39. The Balaban J connectivity index is 1.59. The van der Waals surface area contributed by atoms with Crippen LogP contribution in [0.1, 0.15) is 0 Å². The number of benzene rings is 3. The van der Waals surface area contributed by atoms with Crippen molar-refractivity contribution in [3.63, 3.8) is 0 Å². The molecule has 3 aromatic carbocycles. The Kier molecular flexibility index (Phi) is 5.63. The lowest BCUT2D eigenvalue weighted by atomic mass is 10.0. The number of halogens is 1. The maximum absolute atomic E-state index is 6.14. The average Bonchev–Trinajstić information content (AvgIpc) is 3.52. The highest BCUT2D eigenvalue weighted by molar-refractivity contribution is 6.30. The van der Waals surface area contributed by atoms with Gasteiger partial charge >= 0.3 is 0 Å². The van der Waals surface area contributed by atoms with Crippen molar-refractivity contribution in [1.82, 2.24) is 9.97 Å². The summed E-state index contributed by atoms with van der Waals surface area (Å²) < 4.78 is 16.7. The molecule has 0 aliphatic rings. The molecule has 0 fully saturated rings. The molecule has 2 aromatic heterocycles. The van der Waals surface area contributed by atoms with Gasteiger partial charge in [0.1, 0.15) is 17.3 Å². The van der Waals surface area contributed by atoms with E-state index in [1.54, 1.807) is 14.2 Å². The topological polar surface area (TPSA) is 60.3 Å². The van der Waals surface area contributed by atoms with E-state index in [0.717, 1.165) is 45.3 Å². The van der Waals surface area contributed by atoms with Crippen LogP contribution < -0.4 is 9.47 Å². The Bertz CT molecular complexity index is 1320. The number of aromatic amines is 1. The zero-order valence-electron chi connectivity index (χ0n) is 18.1. The molecule has 164 valence electrons. The van der Waals surface area contributed by atoms with Crippen LogP contribution in [-0.4, -0.2) is 24.2 Å². The molecule has 0 bridgehead atoms. The molecule has 0 radical (unpaired) electrons. The largest absolute Gasteiger partial charge is 0.497 e. The van der Waals surface area contributed by atoms with Crippen LogP contribution in [0.15, 0.2) is 89.3 Å². The molecule has 0 saturated heterocycles. The Labute approximate surface area is 196 Å². The van der Waals surface area contributed by atoms with Crippen molar-refractivity contribution in [1.29, 1.82) is 0 Å². The fourth-order valence-corrected chi connectivity index (χ4v) is 3.87. The van der Waals surface area contributed by atoms with Crippen molar-refractivity contribution in [2.24, 2.45) is 0 Å². The van der Waals surface area contributed by atoms with E-state index in [1.807, 2.05) is 84.9 Å². The fourth-order valence-electron chi connectivity index (χ4n) is 3.68. The van der Waals surface area contributed by atoms with E-state index in [1.165, 1.54) is 0 Å². The number of hydrogen-bond acceptors (Lipinski definition) is 4. The van der Waals surface area contributed by atoms with Crippen molar-refractivity contribution >= 4 is 11.6 Å². The number of H-pyrrole nitrogens is 1. The molecular weight excluding hydrogens is 436 g/mol. The highest BCUT2D eigenvalue weighted by Crippen LogP contribution is 2.36. The summed E-state index contributed by atoms with van der Waals surface area (Å²) in [5.74, 6) is 3.58. The zero-order valence-corrected chi connectivity index (χ0v) is 18.9. The number of aromatic nitrogens is 2. The lowest BCUT2D eigenvalue weighted by Crippen LogP contribution is -1.87. The molecule has 2 heterocycles. The summed E-state index contributed by atoms with van der Waals surface area (Å²) in [6.07, 6.45) is 0. The predicted molar refractivity (Wildman–Crippen MR) is 131 cm³/mol. The van der Waals surface area contributed by atoms with Crippen LogP contribution in [0.5, 0.6) is 11.5 Å². The lowest BCUT2D eigenvalue weighted by molar-refractivity contribution is 0.414. The van der Waals surface area contributed by atoms with Gasteiger partial charge in [-0.05, 0) is 72.8 Å². The van der Waals surface area contributed by atoms with Crippen LogP contribution in [0.2, 0.25) is 5.02 Å². The standard InChI is InChI=1S/C27H21ClN2O3/c1-31-21-10-6-17(7-11-21)25-26(18-8-12-22(32-2)13-9-18)30-27(29-25)24-15-14-23(33-24)19-4-3-5-20(28)16-19/h3-16H,1-2H3,(H,29,30). The monoisotopic (exact) mass is 456 g/mol. The molecule has 0 aliphatic heterocycles. The summed E-state index contributed by atoms with van der Waals surface area (Å²) in [6, 6.07) is 27.1. The SMILES string of the molecule is COc1ccc(-c2nc(-c3ccc(-c4cccc(Cl)c4)o3)[nH]c2-c2ccc(OC)cc2)cc1. The molecule has 0 unspecified atom stereocenters. The van der Waals surface area contributed by atoms with Crippen LogP contribution in [0.3, 0.4) is 0 Å². The number of imidazole rings is 1. The second-order valence-corrected chi connectivity index (χ2v) is 7.88. The number of ether oxygens (including phenoxy) is 2. The van der Waals surface area contributed by atoms with Crippen molar-refractivity contribution in [2.75, 3.05) is 14.2 Å². The zero-order chi connectivity index (χ0) is 22.8. The van der Waals surface area contributed by atoms with Gasteiger partial charge in [-0.25, -0.2) is 4.98 Å². The van der Waals surface area contributed by atoms with Gasteiger partial charge in [-0.15, -0.1) is 0 Å². The molecule has 0 saturated carbocycles. The minimum absolute atomic E-state index is 0.638. The van der Waals surface area contributed by atoms with E-state index >= 15 is 0 Å². The second-order valence-electron chi connectivity index (χ2n) is 7.44. The third kappa shape index (κ3) is 4.23. The van der Waals surface area contributed by atoms with Crippen molar-refractivity contribution in [3.05, 3.63) is 90.0 Å². The normalized spacial score (nSPS) is 10.9. The van der Waals surface area contributed by atoms with E-state index in [2.05, 4.69) is 4.98 Å². The van der Waals surface area contributed by atoms with Crippen LogP contribution >= 0.6 is 11.6 Å². The highest BCUT2D eigenvalue weighted by atomic mass is 35.5. The summed E-state index contributed by atoms with van der Waals surface area (Å²) in [5, 5.41) is 0.659. The minimum Gasteiger partial charge on any atom is -0.497 e. The van der Waals surface area contributed by atoms with Gasteiger partial charge in [0.15, 0.2) is 11.6 Å². The molecule has 5 aromatic rings. The fraction of sp³-hybridized carbons (Fsp3) is 0.0741. The molecule has 0 aliphatic carbocycles. The van der Waals surface area contributed by atoms with Gasteiger partial charge in [0.25, 0.3) is 0 Å². The lowest BCUT2D eigenvalue weighted by Gasteiger charge is -2.06. The van der Waals surface area contributed by atoms with E-state index in [0.29, 0.717) is 16.6 Å². The van der Waals surface area contributed by atoms with Crippen LogP contribution in [0.4, 0.5) is 0 Å². The van der Waals surface area contributed by atoms with E-state index in [4.69, 9.17) is 30.5 Å². The van der Waals surface area contributed by atoms with Gasteiger partial charge in [0.05, 0.1) is 25.6 Å². The van der Waals surface area contributed by atoms with Crippen LogP contribution in [-0.2, 0) is 0 Å². The van der Waals surface area contributed by atoms with Gasteiger partial charge in [-0.1, -0.05) is 23.7 Å². The number of methoxy groups -OCH3 is 2. The molecule has 1 N–H and O–H groups in total. The molecule has 5 nitrogen and oxygen atoms in total.